The van der Waals surface area contributed by atoms with Crippen LogP contribution < -0.4 is 10.6 Å². The Morgan fingerprint density at radius 3 is 2.56 bits per heavy atom. The minimum Gasteiger partial charge on any atom is -0.363 e. The largest absolute Gasteiger partial charge is 0.363 e. The molecule has 3 fully saturated rings. The van der Waals surface area contributed by atoms with Gasteiger partial charge in [-0.2, -0.15) is 0 Å². The molecule has 3 aliphatic rings. The molecule has 2 nitrogen and oxygen atoms in total. The van der Waals surface area contributed by atoms with Crippen molar-refractivity contribution in [3.8, 4) is 0 Å². The van der Waals surface area contributed by atoms with Crippen LogP contribution in [0.25, 0.3) is 0 Å². The van der Waals surface area contributed by atoms with E-state index in [4.69, 9.17) is 12.2 Å². The molecule has 0 heterocycles. The van der Waals surface area contributed by atoms with Crippen LogP contribution in [0.15, 0.2) is 0 Å². The molecular weight excluding hydrogens is 216 g/mol. The fourth-order valence-corrected chi connectivity index (χ4v) is 4.34. The predicted octanol–water partition coefficient (Wildman–Crippen LogP) is 2.30. The number of rotatable bonds is 4. The zero-order valence-corrected chi connectivity index (χ0v) is 10.9. The fraction of sp³-hybridized carbons (Fsp3) is 0.923. The van der Waals surface area contributed by atoms with Crippen LogP contribution in [0.1, 0.15) is 39.0 Å². The number of nitrogens with one attached hydrogen (secondary N) is 2. The Kier molecular flexibility index (Phi) is 2.82. The topological polar surface area (TPSA) is 24.1 Å². The standard InChI is InChI=1S/C13H22N2S/c1-2-3-6-14-13(16)15-12-10-8-4-5-9(7-8)11(10)12/h8-12H,2-7H2,1H3,(H2,14,15,16). The maximum absolute atomic E-state index is 5.34. The average Bonchev–Trinajstić information content (AvgIpc) is 2.70. The van der Waals surface area contributed by atoms with Crippen LogP contribution >= 0.6 is 12.2 Å². The Labute approximate surface area is 104 Å². The van der Waals surface area contributed by atoms with Crippen LogP contribution in [-0.4, -0.2) is 17.7 Å². The van der Waals surface area contributed by atoms with Crippen LogP contribution in [0, 0.1) is 23.7 Å². The quantitative estimate of drug-likeness (QED) is 0.580. The molecule has 3 aliphatic carbocycles. The van der Waals surface area contributed by atoms with E-state index in [0.717, 1.165) is 41.4 Å². The number of hydrogen-bond donors (Lipinski definition) is 2. The smallest absolute Gasteiger partial charge is 0.166 e. The van der Waals surface area contributed by atoms with E-state index < -0.39 is 0 Å². The fourth-order valence-electron chi connectivity index (χ4n) is 4.10. The van der Waals surface area contributed by atoms with Crippen molar-refractivity contribution >= 4 is 17.3 Å². The third kappa shape index (κ3) is 1.73. The highest BCUT2D eigenvalue weighted by Crippen LogP contribution is 2.65. The van der Waals surface area contributed by atoms with E-state index in [-0.39, 0.29) is 0 Å². The molecule has 3 rings (SSSR count). The van der Waals surface area contributed by atoms with Crippen molar-refractivity contribution in [2.75, 3.05) is 6.54 Å². The molecule has 90 valence electrons. The van der Waals surface area contributed by atoms with Gasteiger partial charge in [0.25, 0.3) is 0 Å². The molecule has 2 N–H and O–H groups in total. The number of unbranched alkanes of at least 4 members (excludes halogenated alkanes) is 1. The Morgan fingerprint density at radius 1 is 1.25 bits per heavy atom. The van der Waals surface area contributed by atoms with Gasteiger partial charge in [-0.25, -0.2) is 0 Å². The first-order valence-corrected chi connectivity index (χ1v) is 7.26. The summed E-state index contributed by atoms with van der Waals surface area (Å²) in [5, 5.41) is 7.75. The van der Waals surface area contributed by atoms with E-state index in [9.17, 15) is 0 Å². The van der Waals surface area contributed by atoms with Gasteiger partial charge >= 0.3 is 0 Å². The number of fused-ring (bicyclic) bond motifs is 5. The van der Waals surface area contributed by atoms with E-state index in [1.807, 2.05) is 0 Å². The molecule has 0 aliphatic heterocycles. The SMILES string of the molecule is CCCCNC(=S)NC1C2C3CCC(C3)C12. The highest BCUT2D eigenvalue weighted by Gasteiger charge is 2.65. The molecule has 0 aromatic heterocycles. The number of thiocarbonyl (C=S) groups is 1. The van der Waals surface area contributed by atoms with Crippen LogP contribution in [0.5, 0.6) is 0 Å². The van der Waals surface area contributed by atoms with Gasteiger partial charge in [-0.1, -0.05) is 13.3 Å². The van der Waals surface area contributed by atoms with E-state index in [1.54, 1.807) is 0 Å². The van der Waals surface area contributed by atoms with E-state index in [2.05, 4.69) is 17.6 Å². The van der Waals surface area contributed by atoms with Crippen molar-refractivity contribution in [3.05, 3.63) is 0 Å². The molecule has 3 heteroatoms. The summed E-state index contributed by atoms with van der Waals surface area (Å²) >= 11 is 5.34. The van der Waals surface area contributed by atoms with Crippen molar-refractivity contribution in [1.82, 2.24) is 10.6 Å². The first-order chi connectivity index (χ1) is 7.81. The molecule has 0 radical (unpaired) electrons. The summed E-state index contributed by atoms with van der Waals surface area (Å²) < 4.78 is 0. The van der Waals surface area contributed by atoms with Gasteiger partial charge in [-0.05, 0) is 61.6 Å². The molecule has 0 aromatic carbocycles. The first-order valence-electron chi connectivity index (χ1n) is 6.85. The predicted molar refractivity (Wildman–Crippen MR) is 70.2 cm³/mol. The van der Waals surface area contributed by atoms with Crippen molar-refractivity contribution in [2.24, 2.45) is 23.7 Å². The maximum Gasteiger partial charge on any atom is 0.166 e. The summed E-state index contributed by atoms with van der Waals surface area (Å²) in [6.45, 7) is 3.23. The van der Waals surface area contributed by atoms with Gasteiger partial charge in [0.15, 0.2) is 5.11 Å². The lowest BCUT2D eigenvalue weighted by Crippen LogP contribution is -2.39. The van der Waals surface area contributed by atoms with Crippen molar-refractivity contribution in [2.45, 2.75) is 45.1 Å². The highest BCUT2D eigenvalue weighted by molar-refractivity contribution is 7.80. The second-order valence-electron chi connectivity index (χ2n) is 5.77. The summed E-state index contributed by atoms with van der Waals surface area (Å²) in [5.41, 5.74) is 0. The minimum absolute atomic E-state index is 0.730. The van der Waals surface area contributed by atoms with Crippen LogP contribution in [-0.2, 0) is 0 Å². The molecule has 4 unspecified atom stereocenters. The lowest BCUT2D eigenvalue weighted by atomic mass is 10.0. The molecule has 0 spiro atoms. The lowest BCUT2D eigenvalue weighted by Gasteiger charge is -2.13. The van der Waals surface area contributed by atoms with Gasteiger partial charge in [0.1, 0.15) is 0 Å². The molecule has 0 amide bonds. The van der Waals surface area contributed by atoms with Crippen molar-refractivity contribution in [3.63, 3.8) is 0 Å². The lowest BCUT2D eigenvalue weighted by molar-refractivity contribution is 0.456. The summed E-state index contributed by atoms with van der Waals surface area (Å²) in [6, 6.07) is 0.730. The summed E-state index contributed by atoms with van der Waals surface area (Å²) in [7, 11) is 0. The molecular formula is C13H22N2S. The average molecular weight is 238 g/mol. The van der Waals surface area contributed by atoms with Gasteiger partial charge in [0, 0.05) is 12.6 Å². The van der Waals surface area contributed by atoms with Crippen molar-refractivity contribution in [1.29, 1.82) is 0 Å². The zero-order valence-electron chi connectivity index (χ0n) is 10.0. The third-order valence-electron chi connectivity index (χ3n) is 4.85. The van der Waals surface area contributed by atoms with Gasteiger partial charge in [0.05, 0.1) is 0 Å². The van der Waals surface area contributed by atoms with E-state index in [1.165, 1.54) is 32.1 Å². The minimum atomic E-state index is 0.730. The molecule has 3 saturated carbocycles. The second kappa shape index (κ2) is 4.17. The molecule has 4 atom stereocenters. The van der Waals surface area contributed by atoms with Gasteiger partial charge in [-0.15, -0.1) is 0 Å². The summed E-state index contributed by atoms with van der Waals surface area (Å²) in [5.74, 6) is 4.02. The molecule has 0 aromatic rings. The molecule has 2 bridgehead atoms. The van der Waals surface area contributed by atoms with E-state index >= 15 is 0 Å². The van der Waals surface area contributed by atoms with Gasteiger partial charge in [-0.3, -0.25) is 0 Å². The van der Waals surface area contributed by atoms with Crippen LogP contribution in [0.4, 0.5) is 0 Å². The molecule has 0 saturated heterocycles. The Balaban J connectivity index is 1.43. The van der Waals surface area contributed by atoms with Gasteiger partial charge in [0.2, 0.25) is 0 Å². The normalized spacial score (nSPS) is 42.9. The highest BCUT2D eigenvalue weighted by atomic mass is 32.1. The molecule has 16 heavy (non-hydrogen) atoms. The monoisotopic (exact) mass is 238 g/mol. The maximum atomic E-state index is 5.34. The van der Waals surface area contributed by atoms with E-state index in [0.29, 0.717) is 0 Å². The Morgan fingerprint density at radius 2 is 1.94 bits per heavy atom. The Hall–Kier alpha value is -0.310. The van der Waals surface area contributed by atoms with Gasteiger partial charge < -0.3 is 10.6 Å². The second-order valence-corrected chi connectivity index (χ2v) is 6.18. The number of hydrogen-bond acceptors (Lipinski definition) is 1. The first kappa shape index (κ1) is 10.8. The van der Waals surface area contributed by atoms with Crippen LogP contribution in [0.2, 0.25) is 0 Å². The summed E-state index contributed by atoms with van der Waals surface area (Å²) in [4.78, 5) is 0. The van der Waals surface area contributed by atoms with Crippen molar-refractivity contribution < 1.29 is 0 Å². The zero-order chi connectivity index (χ0) is 11.1. The Bertz CT molecular complexity index is 276. The summed E-state index contributed by atoms with van der Waals surface area (Å²) in [6.07, 6.45) is 6.93. The van der Waals surface area contributed by atoms with Crippen LogP contribution in [0.3, 0.4) is 0 Å². The third-order valence-corrected chi connectivity index (χ3v) is 5.11.